The predicted molar refractivity (Wildman–Crippen MR) is 100 cm³/mol. The molecule has 0 spiro atoms. The van der Waals surface area contributed by atoms with Crippen molar-refractivity contribution < 1.29 is 9.90 Å². The van der Waals surface area contributed by atoms with Gasteiger partial charge in [0, 0.05) is 29.8 Å². The second-order valence-corrected chi connectivity index (χ2v) is 8.40. The van der Waals surface area contributed by atoms with Gasteiger partial charge in [-0.05, 0) is 36.1 Å². The molecule has 4 heteroatoms. The van der Waals surface area contributed by atoms with Crippen LogP contribution in [-0.4, -0.2) is 23.4 Å². The standard InChI is InChI=1S/C21H22ClNO2/c22-11-14-12-23(20(25)21-7-3-4-13(9-21)10-21)17-8-18(24)15-5-1-2-6-16(15)19(14)17/h1-2,5-6,8,13-14,24H,3-4,7,9-12H2. The lowest BCUT2D eigenvalue weighted by Gasteiger charge is -2.52. The van der Waals surface area contributed by atoms with Crippen molar-refractivity contribution >= 4 is 34.0 Å². The van der Waals surface area contributed by atoms with Crippen molar-refractivity contribution in [3.63, 3.8) is 0 Å². The zero-order valence-corrected chi connectivity index (χ0v) is 14.9. The van der Waals surface area contributed by atoms with E-state index in [9.17, 15) is 9.90 Å². The van der Waals surface area contributed by atoms with Crippen LogP contribution in [0, 0.1) is 11.3 Å². The van der Waals surface area contributed by atoms with E-state index in [2.05, 4.69) is 0 Å². The molecule has 1 heterocycles. The molecule has 2 bridgehead atoms. The molecular formula is C21H22ClNO2. The van der Waals surface area contributed by atoms with Crippen LogP contribution in [0.2, 0.25) is 0 Å². The molecule has 1 aliphatic heterocycles. The number of hydrogen-bond acceptors (Lipinski definition) is 2. The fraction of sp³-hybridized carbons (Fsp3) is 0.476. The first-order valence-corrected chi connectivity index (χ1v) is 9.79. The molecule has 2 aromatic rings. The lowest BCUT2D eigenvalue weighted by molar-refractivity contribution is -0.141. The van der Waals surface area contributed by atoms with Crippen molar-refractivity contribution in [1.29, 1.82) is 0 Å². The van der Waals surface area contributed by atoms with Crippen molar-refractivity contribution in [2.45, 2.75) is 38.0 Å². The minimum Gasteiger partial charge on any atom is -0.507 e. The SMILES string of the molecule is O=C(N1CC(CCl)c2c1cc(O)c1ccccc21)C12CCCC(C1)C2. The molecule has 1 amide bonds. The van der Waals surface area contributed by atoms with Gasteiger partial charge in [-0.1, -0.05) is 37.1 Å². The molecule has 0 saturated heterocycles. The van der Waals surface area contributed by atoms with Crippen LogP contribution >= 0.6 is 11.6 Å². The van der Waals surface area contributed by atoms with Crippen molar-refractivity contribution in [1.82, 2.24) is 0 Å². The van der Waals surface area contributed by atoms with Gasteiger partial charge in [-0.2, -0.15) is 0 Å². The highest BCUT2D eigenvalue weighted by Crippen LogP contribution is 2.58. The van der Waals surface area contributed by atoms with Gasteiger partial charge in [-0.15, -0.1) is 11.6 Å². The van der Waals surface area contributed by atoms with Crippen LogP contribution in [0.25, 0.3) is 10.8 Å². The molecular weight excluding hydrogens is 334 g/mol. The highest BCUT2D eigenvalue weighted by molar-refractivity contribution is 6.19. The van der Waals surface area contributed by atoms with Gasteiger partial charge in [-0.25, -0.2) is 0 Å². The van der Waals surface area contributed by atoms with E-state index < -0.39 is 0 Å². The molecule has 3 aliphatic carbocycles. The van der Waals surface area contributed by atoms with Gasteiger partial charge in [0.2, 0.25) is 5.91 Å². The van der Waals surface area contributed by atoms with Gasteiger partial charge in [0.25, 0.3) is 0 Å². The van der Waals surface area contributed by atoms with Gasteiger partial charge in [0.1, 0.15) is 5.75 Å². The summed E-state index contributed by atoms with van der Waals surface area (Å²) < 4.78 is 0. The van der Waals surface area contributed by atoms with Crippen LogP contribution in [0.1, 0.15) is 43.6 Å². The number of fused-ring (bicyclic) bond motifs is 5. The number of carbonyl (C=O) groups excluding carboxylic acids is 1. The first kappa shape index (κ1) is 15.5. The molecule has 0 aromatic heterocycles. The third-order valence-electron chi connectivity index (χ3n) is 6.66. The Balaban J connectivity index is 1.62. The van der Waals surface area contributed by atoms with E-state index in [1.165, 1.54) is 12.8 Å². The Morgan fingerprint density at radius 2 is 2.04 bits per heavy atom. The second kappa shape index (κ2) is 5.38. The zero-order valence-electron chi connectivity index (χ0n) is 14.2. The summed E-state index contributed by atoms with van der Waals surface area (Å²) in [6.07, 6.45) is 5.55. The highest BCUT2D eigenvalue weighted by atomic mass is 35.5. The van der Waals surface area contributed by atoms with Crippen LogP contribution < -0.4 is 4.90 Å². The first-order chi connectivity index (χ1) is 12.1. The molecule has 130 valence electrons. The second-order valence-electron chi connectivity index (χ2n) is 8.09. The molecule has 0 radical (unpaired) electrons. The van der Waals surface area contributed by atoms with E-state index in [0.29, 0.717) is 12.4 Å². The van der Waals surface area contributed by atoms with Crippen LogP contribution in [0.3, 0.4) is 0 Å². The third kappa shape index (κ3) is 2.08. The summed E-state index contributed by atoms with van der Waals surface area (Å²) in [5, 5.41) is 12.4. The predicted octanol–water partition coefficient (Wildman–Crippen LogP) is 4.79. The first-order valence-electron chi connectivity index (χ1n) is 9.25. The van der Waals surface area contributed by atoms with Gasteiger partial charge in [-0.3, -0.25) is 4.79 Å². The summed E-state index contributed by atoms with van der Waals surface area (Å²) in [6.45, 7) is 0.636. The number of phenolic OH excluding ortho intramolecular Hbond substituents is 1. The monoisotopic (exact) mass is 355 g/mol. The number of hydrogen-bond donors (Lipinski definition) is 1. The van der Waals surface area contributed by atoms with Crippen molar-refractivity contribution in [3.8, 4) is 5.75 Å². The average molecular weight is 356 g/mol. The molecule has 1 unspecified atom stereocenters. The lowest BCUT2D eigenvalue weighted by atomic mass is 9.53. The molecule has 3 fully saturated rings. The smallest absolute Gasteiger partial charge is 0.233 e. The fourth-order valence-electron chi connectivity index (χ4n) is 5.50. The van der Waals surface area contributed by atoms with E-state index in [1.54, 1.807) is 6.07 Å². The highest BCUT2D eigenvalue weighted by Gasteiger charge is 2.54. The Bertz CT molecular complexity index is 866. The summed E-state index contributed by atoms with van der Waals surface area (Å²) in [6, 6.07) is 9.64. The summed E-state index contributed by atoms with van der Waals surface area (Å²) in [5.74, 6) is 1.86. The van der Waals surface area contributed by atoms with E-state index in [4.69, 9.17) is 11.6 Å². The Labute approximate surface area is 152 Å². The number of carbonyl (C=O) groups is 1. The number of nitrogens with zero attached hydrogens (tertiary/aromatic N) is 1. The van der Waals surface area contributed by atoms with Gasteiger partial charge < -0.3 is 10.0 Å². The summed E-state index contributed by atoms with van der Waals surface area (Å²) in [7, 11) is 0. The molecule has 1 atom stereocenters. The summed E-state index contributed by atoms with van der Waals surface area (Å²) >= 11 is 6.28. The molecule has 6 rings (SSSR count). The molecule has 3 saturated carbocycles. The maximum absolute atomic E-state index is 13.4. The Kier molecular flexibility index (Phi) is 3.34. The van der Waals surface area contributed by atoms with Crippen LogP contribution in [-0.2, 0) is 4.79 Å². The van der Waals surface area contributed by atoms with Crippen LogP contribution in [0.15, 0.2) is 30.3 Å². The Morgan fingerprint density at radius 3 is 2.72 bits per heavy atom. The maximum atomic E-state index is 13.4. The normalized spacial score (nSPS) is 30.2. The number of anilines is 1. The number of phenols is 1. The molecule has 25 heavy (non-hydrogen) atoms. The quantitative estimate of drug-likeness (QED) is 0.786. The number of rotatable bonds is 2. The summed E-state index contributed by atoms with van der Waals surface area (Å²) in [5.41, 5.74) is 1.85. The fourth-order valence-corrected chi connectivity index (χ4v) is 5.75. The minimum absolute atomic E-state index is 0.127. The third-order valence-corrected chi connectivity index (χ3v) is 7.03. The number of alkyl halides is 1. The number of amides is 1. The van der Waals surface area contributed by atoms with Crippen LogP contribution in [0.4, 0.5) is 5.69 Å². The van der Waals surface area contributed by atoms with Gasteiger partial charge >= 0.3 is 0 Å². The van der Waals surface area contributed by atoms with Crippen LogP contribution in [0.5, 0.6) is 5.75 Å². The number of benzene rings is 2. The number of aromatic hydroxyl groups is 1. The van der Waals surface area contributed by atoms with Crippen molar-refractivity contribution in [2.24, 2.45) is 11.3 Å². The molecule has 4 aliphatic rings. The van der Waals surface area contributed by atoms with Crippen molar-refractivity contribution in [2.75, 3.05) is 17.3 Å². The average Bonchev–Trinajstić information content (AvgIpc) is 2.99. The van der Waals surface area contributed by atoms with Crippen molar-refractivity contribution in [3.05, 3.63) is 35.9 Å². The number of halogens is 1. The maximum Gasteiger partial charge on any atom is 0.233 e. The lowest BCUT2D eigenvalue weighted by Crippen LogP contribution is -2.53. The topological polar surface area (TPSA) is 40.5 Å². The van der Waals surface area contributed by atoms with Gasteiger partial charge in [0.15, 0.2) is 0 Å². The Morgan fingerprint density at radius 1 is 1.28 bits per heavy atom. The van der Waals surface area contributed by atoms with E-state index in [-0.39, 0.29) is 23.0 Å². The van der Waals surface area contributed by atoms with E-state index in [0.717, 1.165) is 47.2 Å². The zero-order chi connectivity index (χ0) is 17.2. The van der Waals surface area contributed by atoms with Gasteiger partial charge in [0.05, 0.1) is 11.1 Å². The molecule has 1 N–H and O–H groups in total. The minimum atomic E-state index is -0.150. The largest absolute Gasteiger partial charge is 0.507 e. The Hall–Kier alpha value is -1.74. The van der Waals surface area contributed by atoms with E-state index in [1.807, 2.05) is 29.2 Å². The van der Waals surface area contributed by atoms with E-state index >= 15 is 0 Å². The molecule has 3 nitrogen and oxygen atoms in total. The summed E-state index contributed by atoms with van der Waals surface area (Å²) in [4.78, 5) is 15.4. The molecule has 2 aromatic carbocycles.